The highest BCUT2D eigenvalue weighted by Gasteiger charge is 2.13. The third-order valence-corrected chi connectivity index (χ3v) is 4.02. The van der Waals surface area contributed by atoms with Gasteiger partial charge in [0.1, 0.15) is 23.2 Å². The Bertz CT molecular complexity index is 860. The van der Waals surface area contributed by atoms with Crippen molar-refractivity contribution < 1.29 is 13.9 Å². The second-order valence-corrected chi connectivity index (χ2v) is 6.47. The van der Waals surface area contributed by atoms with Crippen LogP contribution in [-0.2, 0) is 4.79 Å². The zero-order valence-electron chi connectivity index (χ0n) is 12.4. The SMILES string of the molecule is COc1ccc(Br)cc1/C=C(\C#N)C(=O)Nc1ccc(Br)cc1F. The molecular weight excluding hydrogens is 443 g/mol. The molecule has 1 amide bonds. The van der Waals surface area contributed by atoms with E-state index in [0.29, 0.717) is 15.8 Å². The quantitative estimate of drug-likeness (QED) is 0.528. The van der Waals surface area contributed by atoms with Gasteiger partial charge in [0.05, 0.1) is 12.8 Å². The Labute approximate surface area is 155 Å². The van der Waals surface area contributed by atoms with E-state index in [9.17, 15) is 14.4 Å². The molecule has 7 heteroatoms. The van der Waals surface area contributed by atoms with Crippen LogP contribution in [0.5, 0.6) is 5.75 Å². The van der Waals surface area contributed by atoms with Crippen LogP contribution in [0.4, 0.5) is 10.1 Å². The van der Waals surface area contributed by atoms with Crippen molar-refractivity contribution >= 4 is 49.5 Å². The van der Waals surface area contributed by atoms with Gasteiger partial charge in [-0.1, -0.05) is 31.9 Å². The van der Waals surface area contributed by atoms with Crippen molar-refractivity contribution in [3.63, 3.8) is 0 Å². The molecule has 0 heterocycles. The van der Waals surface area contributed by atoms with Crippen LogP contribution in [-0.4, -0.2) is 13.0 Å². The first-order valence-corrected chi connectivity index (χ1v) is 8.25. The van der Waals surface area contributed by atoms with Crippen molar-refractivity contribution in [2.75, 3.05) is 12.4 Å². The van der Waals surface area contributed by atoms with Gasteiger partial charge >= 0.3 is 0 Å². The number of hydrogen-bond donors (Lipinski definition) is 1. The fourth-order valence-electron chi connectivity index (χ4n) is 1.90. The summed E-state index contributed by atoms with van der Waals surface area (Å²) in [4.78, 5) is 12.2. The van der Waals surface area contributed by atoms with Gasteiger partial charge in [-0.05, 0) is 42.5 Å². The number of benzene rings is 2. The molecule has 0 unspecified atom stereocenters. The van der Waals surface area contributed by atoms with Gasteiger partial charge in [-0.25, -0.2) is 4.39 Å². The molecule has 2 aromatic rings. The molecule has 0 radical (unpaired) electrons. The zero-order chi connectivity index (χ0) is 17.7. The minimum Gasteiger partial charge on any atom is -0.496 e. The van der Waals surface area contributed by atoms with Crippen molar-refractivity contribution in [3.05, 3.63) is 62.3 Å². The average Bonchev–Trinajstić information content (AvgIpc) is 2.55. The van der Waals surface area contributed by atoms with Crippen LogP contribution >= 0.6 is 31.9 Å². The number of methoxy groups -OCH3 is 1. The maximum absolute atomic E-state index is 13.8. The molecule has 1 N–H and O–H groups in total. The number of rotatable bonds is 4. The lowest BCUT2D eigenvalue weighted by atomic mass is 10.1. The van der Waals surface area contributed by atoms with Gasteiger partial charge in [0.15, 0.2) is 0 Å². The van der Waals surface area contributed by atoms with Crippen LogP contribution in [0.1, 0.15) is 5.56 Å². The lowest BCUT2D eigenvalue weighted by Crippen LogP contribution is -2.14. The van der Waals surface area contributed by atoms with E-state index in [1.54, 1.807) is 24.3 Å². The number of hydrogen-bond acceptors (Lipinski definition) is 3. The lowest BCUT2D eigenvalue weighted by molar-refractivity contribution is -0.112. The number of carbonyl (C=O) groups is 1. The highest BCUT2D eigenvalue weighted by molar-refractivity contribution is 9.10. The normalized spacial score (nSPS) is 10.9. The molecule has 0 saturated heterocycles. The number of nitrogens with zero attached hydrogens (tertiary/aromatic N) is 1. The highest BCUT2D eigenvalue weighted by atomic mass is 79.9. The van der Waals surface area contributed by atoms with E-state index in [-0.39, 0.29) is 11.3 Å². The zero-order valence-corrected chi connectivity index (χ0v) is 15.6. The molecule has 4 nitrogen and oxygen atoms in total. The molecule has 24 heavy (non-hydrogen) atoms. The lowest BCUT2D eigenvalue weighted by Gasteiger charge is -2.08. The molecule has 2 aromatic carbocycles. The smallest absolute Gasteiger partial charge is 0.266 e. The second kappa shape index (κ2) is 8.08. The number of nitriles is 1. The van der Waals surface area contributed by atoms with Gasteiger partial charge in [-0.2, -0.15) is 5.26 Å². The van der Waals surface area contributed by atoms with Crippen molar-refractivity contribution in [3.8, 4) is 11.8 Å². The van der Waals surface area contributed by atoms with Crippen LogP contribution in [0.15, 0.2) is 50.9 Å². The molecule has 0 aromatic heterocycles. The van der Waals surface area contributed by atoms with E-state index < -0.39 is 11.7 Å². The largest absolute Gasteiger partial charge is 0.496 e. The molecule has 0 aliphatic carbocycles. The molecular formula is C17H11Br2FN2O2. The monoisotopic (exact) mass is 452 g/mol. The van der Waals surface area contributed by atoms with E-state index in [0.717, 1.165) is 4.47 Å². The van der Waals surface area contributed by atoms with Crippen molar-refractivity contribution in [1.82, 2.24) is 0 Å². The molecule has 122 valence electrons. The van der Waals surface area contributed by atoms with Crippen molar-refractivity contribution in [1.29, 1.82) is 5.26 Å². The minimum atomic E-state index is -0.708. The number of anilines is 1. The van der Waals surface area contributed by atoms with Gasteiger partial charge in [0.25, 0.3) is 5.91 Å². The predicted molar refractivity (Wildman–Crippen MR) is 97.0 cm³/mol. The number of nitrogens with one attached hydrogen (secondary N) is 1. The Morgan fingerprint density at radius 2 is 1.92 bits per heavy atom. The Balaban J connectivity index is 2.32. The highest BCUT2D eigenvalue weighted by Crippen LogP contribution is 2.26. The molecule has 0 fully saturated rings. The first-order valence-electron chi connectivity index (χ1n) is 6.66. The summed E-state index contributed by atoms with van der Waals surface area (Å²) in [5.74, 6) is -0.802. The average molecular weight is 454 g/mol. The van der Waals surface area contributed by atoms with Crippen LogP contribution in [0.2, 0.25) is 0 Å². The Kier molecular flexibility index (Phi) is 6.12. The van der Waals surface area contributed by atoms with Crippen LogP contribution < -0.4 is 10.1 Å². The first-order chi connectivity index (χ1) is 11.4. The summed E-state index contributed by atoms with van der Waals surface area (Å²) in [6.07, 6.45) is 1.38. The number of ether oxygens (including phenoxy) is 1. The summed E-state index contributed by atoms with van der Waals surface area (Å²) in [6, 6.07) is 11.2. The molecule has 0 atom stereocenters. The summed E-state index contributed by atoms with van der Waals surface area (Å²) >= 11 is 6.46. The molecule has 0 saturated carbocycles. The van der Waals surface area contributed by atoms with E-state index >= 15 is 0 Å². The number of carbonyl (C=O) groups excluding carboxylic acids is 1. The Morgan fingerprint density at radius 1 is 1.25 bits per heavy atom. The Hall–Kier alpha value is -2.17. The second-order valence-electron chi connectivity index (χ2n) is 4.63. The minimum absolute atomic E-state index is 0.00874. The van der Waals surface area contributed by atoms with E-state index in [1.807, 2.05) is 6.07 Å². The topological polar surface area (TPSA) is 62.1 Å². The van der Waals surface area contributed by atoms with Gasteiger partial charge in [0, 0.05) is 14.5 Å². The van der Waals surface area contributed by atoms with Crippen LogP contribution in [0.3, 0.4) is 0 Å². The molecule has 0 aliphatic rings. The summed E-state index contributed by atoms with van der Waals surface area (Å²) < 4.78 is 20.3. The fraction of sp³-hybridized carbons (Fsp3) is 0.0588. The molecule has 0 bridgehead atoms. The summed E-state index contributed by atoms with van der Waals surface area (Å²) in [7, 11) is 1.49. The third kappa shape index (κ3) is 4.43. The summed E-state index contributed by atoms with van der Waals surface area (Å²) in [5, 5.41) is 11.6. The van der Waals surface area contributed by atoms with Gasteiger partial charge in [-0.15, -0.1) is 0 Å². The van der Waals surface area contributed by atoms with Gasteiger partial charge < -0.3 is 10.1 Å². The van der Waals surface area contributed by atoms with Gasteiger partial charge in [0.2, 0.25) is 0 Å². The van der Waals surface area contributed by atoms with Crippen LogP contribution in [0, 0.1) is 17.1 Å². The number of halogens is 3. The maximum atomic E-state index is 13.8. The maximum Gasteiger partial charge on any atom is 0.266 e. The third-order valence-electron chi connectivity index (χ3n) is 3.04. The van der Waals surface area contributed by atoms with E-state index in [1.165, 1.54) is 25.3 Å². The molecule has 0 aliphatic heterocycles. The van der Waals surface area contributed by atoms with Crippen molar-refractivity contribution in [2.45, 2.75) is 0 Å². The summed E-state index contributed by atoms with van der Waals surface area (Å²) in [6.45, 7) is 0. The predicted octanol–water partition coefficient (Wildman–Crippen LogP) is 4.90. The van der Waals surface area contributed by atoms with Crippen molar-refractivity contribution in [2.24, 2.45) is 0 Å². The Morgan fingerprint density at radius 3 is 2.54 bits per heavy atom. The standard InChI is InChI=1S/C17H11Br2FN2O2/c1-24-16-5-3-12(18)7-10(16)6-11(9-21)17(23)22-15-4-2-13(19)8-14(15)20/h2-8H,1H3,(H,22,23)/b11-6+. The fourth-order valence-corrected chi connectivity index (χ4v) is 2.61. The molecule has 2 rings (SSSR count). The summed E-state index contributed by atoms with van der Waals surface area (Å²) in [5.41, 5.74) is 0.370. The molecule has 0 spiro atoms. The van der Waals surface area contributed by atoms with Crippen LogP contribution in [0.25, 0.3) is 6.08 Å². The number of amides is 1. The first kappa shape index (κ1) is 18.2. The van der Waals surface area contributed by atoms with E-state index in [2.05, 4.69) is 37.2 Å². The van der Waals surface area contributed by atoms with E-state index in [4.69, 9.17) is 4.74 Å². The van der Waals surface area contributed by atoms with Gasteiger partial charge in [-0.3, -0.25) is 4.79 Å².